The van der Waals surface area contributed by atoms with E-state index in [0.717, 1.165) is 12.1 Å². The maximum absolute atomic E-state index is 13.1. The van der Waals surface area contributed by atoms with Gasteiger partial charge in [0.05, 0.1) is 6.10 Å². The van der Waals surface area contributed by atoms with Gasteiger partial charge in [0.1, 0.15) is 17.3 Å². The highest BCUT2D eigenvalue weighted by molar-refractivity contribution is 5.94. The highest BCUT2D eigenvalue weighted by Gasteiger charge is 2.13. The zero-order valence-electron chi connectivity index (χ0n) is 9.59. The van der Waals surface area contributed by atoms with Crippen molar-refractivity contribution in [2.45, 2.75) is 13.0 Å². The van der Waals surface area contributed by atoms with Gasteiger partial charge in [0.2, 0.25) is 0 Å². The van der Waals surface area contributed by atoms with Crippen LogP contribution in [0.3, 0.4) is 0 Å². The van der Waals surface area contributed by atoms with Gasteiger partial charge < -0.3 is 15.8 Å². The van der Waals surface area contributed by atoms with Crippen LogP contribution in [0.1, 0.15) is 17.3 Å². The summed E-state index contributed by atoms with van der Waals surface area (Å²) in [5.41, 5.74) is 4.39. The van der Waals surface area contributed by atoms with Crippen molar-refractivity contribution in [3.63, 3.8) is 0 Å². The standard InChI is InChI=1S/C11H14F2N2O2/c1-6(17-2)5-15-11(16)7-3-8(12)10(14)9(13)4-7/h3-4,6H,5,14H2,1-2H3,(H,15,16). The van der Waals surface area contributed by atoms with Crippen LogP contribution in [0.4, 0.5) is 14.5 Å². The highest BCUT2D eigenvalue weighted by atomic mass is 19.1. The molecular formula is C11H14F2N2O2. The van der Waals surface area contributed by atoms with E-state index in [1.807, 2.05) is 0 Å². The maximum atomic E-state index is 13.1. The SMILES string of the molecule is COC(C)CNC(=O)c1cc(F)c(N)c(F)c1. The first kappa shape index (κ1) is 13.4. The molecule has 0 aliphatic rings. The summed E-state index contributed by atoms with van der Waals surface area (Å²) >= 11 is 0. The van der Waals surface area contributed by atoms with E-state index in [2.05, 4.69) is 5.32 Å². The molecule has 0 radical (unpaired) electrons. The van der Waals surface area contributed by atoms with E-state index in [1.54, 1.807) is 6.92 Å². The van der Waals surface area contributed by atoms with Crippen LogP contribution in [-0.4, -0.2) is 25.7 Å². The summed E-state index contributed by atoms with van der Waals surface area (Å²) in [5, 5.41) is 2.49. The zero-order chi connectivity index (χ0) is 13.0. The van der Waals surface area contributed by atoms with Gasteiger partial charge in [-0.3, -0.25) is 4.79 Å². The molecular weight excluding hydrogens is 230 g/mol. The zero-order valence-corrected chi connectivity index (χ0v) is 9.59. The lowest BCUT2D eigenvalue weighted by Crippen LogP contribution is -2.31. The van der Waals surface area contributed by atoms with Gasteiger partial charge in [-0.15, -0.1) is 0 Å². The van der Waals surface area contributed by atoms with Crippen molar-refractivity contribution in [2.24, 2.45) is 0 Å². The Labute approximate surface area is 97.8 Å². The maximum Gasteiger partial charge on any atom is 0.251 e. The van der Waals surface area contributed by atoms with Gasteiger partial charge in [0.25, 0.3) is 5.91 Å². The number of carbonyl (C=O) groups is 1. The largest absolute Gasteiger partial charge is 0.394 e. The Bertz CT molecular complexity index is 401. The number of hydrogen-bond donors (Lipinski definition) is 2. The molecule has 1 atom stereocenters. The fourth-order valence-corrected chi connectivity index (χ4v) is 1.14. The molecule has 0 saturated carbocycles. The number of anilines is 1. The Balaban J connectivity index is 2.76. The second-order valence-corrected chi connectivity index (χ2v) is 3.61. The van der Waals surface area contributed by atoms with Crippen LogP contribution in [0.15, 0.2) is 12.1 Å². The third-order valence-corrected chi connectivity index (χ3v) is 2.29. The van der Waals surface area contributed by atoms with Crippen molar-refractivity contribution in [3.8, 4) is 0 Å². The Kier molecular flexibility index (Phi) is 4.39. The Morgan fingerprint density at radius 3 is 2.47 bits per heavy atom. The number of nitrogen functional groups attached to an aromatic ring is 1. The molecule has 6 heteroatoms. The first-order valence-corrected chi connectivity index (χ1v) is 5.01. The van der Waals surface area contributed by atoms with Crippen molar-refractivity contribution >= 4 is 11.6 Å². The molecule has 0 fully saturated rings. The number of halogens is 2. The molecule has 0 heterocycles. The van der Waals surface area contributed by atoms with Crippen molar-refractivity contribution in [2.75, 3.05) is 19.4 Å². The Hall–Kier alpha value is -1.69. The minimum atomic E-state index is -0.949. The fraction of sp³-hybridized carbons (Fsp3) is 0.364. The number of nitrogens with two attached hydrogens (primary N) is 1. The highest BCUT2D eigenvalue weighted by Crippen LogP contribution is 2.17. The monoisotopic (exact) mass is 244 g/mol. The molecule has 1 rings (SSSR count). The van der Waals surface area contributed by atoms with Crippen LogP contribution in [0.2, 0.25) is 0 Å². The lowest BCUT2D eigenvalue weighted by atomic mass is 10.1. The fourth-order valence-electron chi connectivity index (χ4n) is 1.14. The van der Waals surface area contributed by atoms with E-state index in [1.165, 1.54) is 7.11 Å². The quantitative estimate of drug-likeness (QED) is 0.785. The third-order valence-electron chi connectivity index (χ3n) is 2.29. The van der Waals surface area contributed by atoms with Gasteiger partial charge in [-0.2, -0.15) is 0 Å². The van der Waals surface area contributed by atoms with Gasteiger partial charge in [0.15, 0.2) is 0 Å². The summed E-state index contributed by atoms with van der Waals surface area (Å²) in [4.78, 5) is 11.5. The van der Waals surface area contributed by atoms with Crippen LogP contribution in [0.25, 0.3) is 0 Å². The van der Waals surface area contributed by atoms with Gasteiger partial charge >= 0.3 is 0 Å². The molecule has 17 heavy (non-hydrogen) atoms. The Morgan fingerprint density at radius 1 is 1.47 bits per heavy atom. The predicted molar refractivity (Wildman–Crippen MR) is 59.6 cm³/mol. The van der Waals surface area contributed by atoms with Crippen molar-refractivity contribution < 1.29 is 18.3 Å². The molecule has 0 spiro atoms. The number of benzene rings is 1. The van der Waals surface area contributed by atoms with E-state index in [-0.39, 0.29) is 18.2 Å². The Morgan fingerprint density at radius 2 is 2.00 bits per heavy atom. The average molecular weight is 244 g/mol. The number of hydrogen-bond acceptors (Lipinski definition) is 3. The van der Waals surface area contributed by atoms with Crippen molar-refractivity contribution in [3.05, 3.63) is 29.3 Å². The first-order valence-electron chi connectivity index (χ1n) is 5.01. The lowest BCUT2D eigenvalue weighted by molar-refractivity contribution is 0.0869. The average Bonchev–Trinajstić information content (AvgIpc) is 2.31. The van der Waals surface area contributed by atoms with Gasteiger partial charge in [-0.1, -0.05) is 0 Å². The smallest absolute Gasteiger partial charge is 0.251 e. The molecule has 0 aliphatic carbocycles. The van der Waals surface area contributed by atoms with Gasteiger partial charge in [-0.25, -0.2) is 8.78 Å². The second kappa shape index (κ2) is 5.58. The summed E-state index contributed by atoms with van der Waals surface area (Å²) in [6.45, 7) is 2.01. The molecule has 1 amide bonds. The molecule has 4 nitrogen and oxygen atoms in total. The second-order valence-electron chi connectivity index (χ2n) is 3.61. The molecule has 1 aromatic carbocycles. The number of ether oxygens (including phenoxy) is 1. The van der Waals surface area contributed by atoms with Crippen LogP contribution >= 0.6 is 0 Å². The molecule has 3 N–H and O–H groups in total. The molecule has 0 aliphatic heterocycles. The lowest BCUT2D eigenvalue weighted by Gasteiger charge is -2.11. The van der Waals surface area contributed by atoms with Crippen molar-refractivity contribution in [1.82, 2.24) is 5.32 Å². The van der Waals surface area contributed by atoms with E-state index in [0.29, 0.717) is 0 Å². The summed E-state index contributed by atoms with van der Waals surface area (Å²) in [6, 6.07) is 1.79. The molecule has 1 aromatic rings. The molecule has 94 valence electrons. The topological polar surface area (TPSA) is 64.3 Å². The molecule has 0 saturated heterocycles. The minimum Gasteiger partial charge on any atom is -0.394 e. The summed E-state index contributed by atoms with van der Waals surface area (Å²) in [5.74, 6) is -2.48. The molecule has 0 aromatic heterocycles. The van der Waals surface area contributed by atoms with E-state index in [9.17, 15) is 13.6 Å². The van der Waals surface area contributed by atoms with Crippen LogP contribution in [0, 0.1) is 11.6 Å². The third kappa shape index (κ3) is 3.39. The van der Waals surface area contributed by atoms with Crippen LogP contribution < -0.4 is 11.1 Å². The van der Waals surface area contributed by atoms with Crippen molar-refractivity contribution in [1.29, 1.82) is 0 Å². The molecule has 1 unspecified atom stereocenters. The minimum absolute atomic E-state index is 0.113. The number of amides is 1. The van der Waals surface area contributed by atoms with E-state index in [4.69, 9.17) is 10.5 Å². The number of carbonyl (C=O) groups excluding carboxylic acids is 1. The first-order chi connectivity index (χ1) is 7.95. The molecule has 0 bridgehead atoms. The summed E-state index contributed by atoms with van der Waals surface area (Å²) in [7, 11) is 1.50. The summed E-state index contributed by atoms with van der Waals surface area (Å²) in [6.07, 6.45) is -0.178. The van der Waals surface area contributed by atoms with Crippen LogP contribution in [-0.2, 0) is 4.74 Å². The predicted octanol–water partition coefficient (Wildman–Crippen LogP) is 1.31. The van der Waals surface area contributed by atoms with Gasteiger partial charge in [0, 0.05) is 19.2 Å². The van der Waals surface area contributed by atoms with E-state index >= 15 is 0 Å². The van der Waals surface area contributed by atoms with Crippen LogP contribution in [0.5, 0.6) is 0 Å². The number of nitrogens with one attached hydrogen (secondary N) is 1. The number of methoxy groups -OCH3 is 1. The summed E-state index contributed by atoms with van der Waals surface area (Å²) < 4.78 is 31.1. The number of rotatable bonds is 4. The normalized spacial score (nSPS) is 12.2. The van der Waals surface area contributed by atoms with E-state index < -0.39 is 23.2 Å². The van der Waals surface area contributed by atoms with Gasteiger partial charge in [-0.05, 0) is 19.1 Å².